The van der Waals surface area contributed by atoms with E-state index in [1.165, 1.54) is 0 Å². The molecule has 1 aliphatic rings. The molecule has 3 rings (SSSR count). The van der Waals surface area contributed by atoms with Gasteiger partial charge in [0.05, 0.1) is 10.0 Å². The van der Waals surface area contributed by atoms with Crippen LogP contribution in [0.2, 0.25) is 10.0 Å². The van der Waals surface area contributed by atoms with Crippen molar-refractivity contribution < 1.29 is 14.4 Å². The summed E-state index contributed by atoms with van der Waals surface area (Å²) in [6, 6.07) is 10.4. The lowest BCUT2D eigenvalue weighted by atomic mass is 10.1. The van der Waals surface area contributed by atoms with E-state index >= 15 is 0 Å². The molecule has 0 radical (unpaired) electrons. The molecule has 2 aromatic rings. The molecule has 0 spiro atoms. The maximum atomic E-state index is 12.6. The van der Waals surface area contributed by atoms with Gasteiger partial charge in [-0.25, -0.2) is 0 Å². The lowest BCUT2D eigenvalue weighted by molar-refractivity contribution is -0.136. The van der Waals surface area contributed by atoms with E-state index in [9.17, 15) is 14.4 Å². The number of anilines is 1. The molecule has 3 amide bonds. The van der Waals surface area contributed by atoms with Crippen molar-refractivity contribution in [3.8, 4) is 0 Å². The van der Waals surface area contributed by atoms with Crippen molar-refractivity contribution in [1.29, 1.82) is 0 Å². The molecule has 0 aliphatic carbocycles. The molecule has 32 heavy (non-hydrogen) atoms. The van der Waals surface area contributed by atoms with Crippen molar-refractivity contribution in [3.63, 3.8) is 0 Å². The Morgan fingerprint density at radius 2 is 1.59 bits per heavy atom. The summed E-state index contributed by atoms with van der Waals surface area (Å²) in [5.74, 6) is -1.44. The number of carbonyl (C=O) groups is 3. The van der Waals surface area contributed by atoms with Crippen LogP contribution in [0.5, 0.6) is 0 Å². The van der Waals surface area contributed by atoms with Crippen LogP contribution < -0.4 is 10.6 Å². The molecule has 170 valence electrons. The zero-order chi connectivity index (χ0) is 23.3. The van der Waals surface area contributed by atoms with Crippen molar-refractivity contribution in [2.45, 2.75) is 13.8 Å². The number of benzene rings is 2. The molecule has 1 aliphatic heterocycles. The van der Waals surface area contributed by atoms with E-state index < -0.39 is 11.8 Å². The number of nitrogens with zero attached hydrogens (tertiary/aromatic N) is 2. The van der Waals surface area contributed by atoms with Crippen LogP contribution >= 0.6 is 23.2 Å². The molecule has 0 atom stereocenters. The lowest BCUT2D eigenvalue weighted by Gasteiger charge is -2.34. The van der Waals surface area contributed by atoms with E-state index in [4.69, 9.17) is 23.2 Å². The van der Waals surface area contributed by atoms with E-state index in [0.717, 1.165) is 11.1 Å². The molecule has 0 bridgehead atoms. The summed E-state index contributed by atoms with van der Waals surface area (Å²) < 4.78 is 0. The Bertz CT molecular complexity index is 1020. The minimum Gasteiger partial charge on any atom is -0.347 e. The molecule has 0 aromatic heterocycles. The number of nitrogens with one attached hydrogen (secondary N) is 2. The molecular formula is C23H26Cl2N4O3. The minimum absolute atomic E-state index is 0.0838. The van der Waals surface area contributed by atoms with Crippen LogP contribution in [0.1, 0.15) is 21.5 Å². The number of halogens is 2. The summed E-state index contributed by atoms with van der Waals surface area (Å²) in [6.45, 7) is 7.37. The summed E-state index contributed by atoms with van der Waals surface area (Å²) in [5.41, 5.74) is 3.26. The number of hydrogen-bond acceptors (Lipinski definition) is 4. The molecule has 1 saturated heterocycles. The predicted octanol–water partition coefficient (Wildman–Crippen LogP) is 3.12. The fraction of sp³-hybridized carbons (Fsp3) is 0.348. The third-order valence-electron chi connectivity index (χ3n) is 5.51. The Morgan fingerprint density at radius 1 is 0.875 bits per heavy atom. The van der Waals surface area contributed by atoms with Crippen molar-refractivity contribution in [1.82, 2.24) is 15.1 Å². The van der Waals surface area contributed by atoms with E-state index in [2.05, 4.69) is 15.5 Å². The first kappa shape index (κ1) is 24.0. The molecule has 7 nitrogen and oxygen atoms in total. The maximum Gasteiger partial charge on any atom is 0.313 e. The first-order valence-electron chi connectivity index (χ1n) is 10.4. The largest absolute Gasteiger partial charge is 0.347 e. The zero-order valence-corrected chi connectivity index (χ0v) is 19.6. The number of piperazine rings is 1. The molecule has 0 saturated carbocycles. The third-order valence-corrected chi connectivity index (χ3v) is 6.25. The van der Waals surface area contributed by atoms with E-state index in [1.807, 2.05) is 26.0 Å². The Hall–Kier alpha value is -2.61. The normalized spacial score (nSPS) is 14.2. The fourth-order valence-electron chi connectivity index (χ4n) is 3.40. The second-order valence-electron chi connectivity index (χ2n) is 7.77. The summed E-state index contributed by atoms with van der Waals surface area (Å²) in [4.78, 5) is 40.7. The van der Waals surface area contributed by atoms with Gasteiger partial charge in [0.25, 0.3) is 5.91 Å². The first-order valence-corrected chi connectivity index (χ1v) is 11.1. The van der Waals surface area contributed by atoms with Crippen LogP contribution in [-0.2, 0) is 9.59 Å². The van der Waals surface area contributed by atoms with Crippen molar-refractivity contribution >= 4 is 46.6 Å². The van der Waals surface area contributed by atoms with Crippen molar-refractivity contribution in [2.24, 2.45) is 0 Å². The van der Waals surface area contributed by atoms with Crippen LogP contribution in [0, 0.1) is 13.8 Å². The average Bonchev–Trinajstić information content (AvgIpc) is 2.78. The van der Waals surface area contributed by atoms with Gasteiger partial charge >= 0.3 is 11.8 Å². The molecular weight excluding hydrogens is 451 g/mol. The van der Waals surface area contributed by atoms with Crippen LogP contribution in [0.15, 0.2) is 36.4 Å². The van der Waals surface area contributed by atoms with Crippen molar-refractivity contribution in [3.05, 3.63) is 63.1 Å². The highest BCUT2D eigenvalue weighted by molar-refractivity contribution is 6.42. The second kappa shape index (κ2) is 10.8. The van der Waals surface area contributed by atoms with Gasteiger partial charge < -0.3 is 15.5 Å². The van der Waals surface area contributed by atoms with Gasteiger partial charge in [0.15, 0.2) is 0 Å². The SMILES string of the molecule is Cc1ccc(NC(=O)C(=O)NCCN2CCN(C(=O)c3ccc(Cl)c(Cl)c3)CC2)cc1C. The zero-order valence-electron chi connectivity index (χ0n) is 18.1. The monoisotopic (exact) mass is 476 g/mol. The Balaban J connectivity index is 1.39. The fourth-order valence-corrected chi connectivity index (χ4v) is 3.70. The quantitative estimate of drug-likeness (QED) is 0.649. The minimum atomic E-state index is -0.690. The van der Waals surface area contributed by atoms with Crippen LogP contribution in [0.25, 0.3) is 0 Å². The van der Waals surface area contributed by atoms with Gasteiger partial charge in [-0.2, -0.15) is 0 Å². The van der Waals surface area contributed by atoms with Gasteiger partial charge in [-0.15, -0.1) is 0 Å². The number of carbonyl (C=O) groups excluding carboxylic acids is 3. The Kier molecular flexibility index (Phi) is 8.12. The second-order valence-corrected chi connectivity index (χ2v) is 8.59. The van der Waals surface area contributed by atoms with Crippen LogP contribution in [-0.4, -0.2) is 66.8 Å². The highest BCUT2D eigenvalue weighted by Gasteiger charge is 2.23. The predicted molar refractivity (Wildman–Crippen MR) is 126 cm³/mol. The first-order chi connectivity index (χ1) is 15.2. The summed E-state index contributed by atoms with van der Waals surface area (Å²) >= 11 is 11.9. The summed E-state index contributed by atoms with van der Waals surface area (Å²) in [6.07, 6.45) is 0. The maximum absolute atomic E-state index is 12.6. The molecule has 1 fully saturated rings. The Morgan fingerprint density at radius 3 is 2.25 bits per heavy atom. The number of rotatable bonds is 5. The molecule has 2 aromatic carbocycles. The smallest absolute Gasteiger partial charge is 0.313 e. The van der Waals surface area contributed by atoms with Crippen molar-refractivity contribution in [2.75, 3.05) is 44.6 Å². The molecule has 2 N–H and O–H groups in total. The third kappa shape index (κ3) is 6.22. The highest BCUT2D eigenvalue weighted by atomic mass is 35.5. The molecule has 1 heterocycles. The van der Waals surface area contributed by atoms with Gasteiger partial charge in [0.1, 0.15) is 0 Å². The number of aryl methyl sites for hydroxylation is 2. The average molecular weight is 477 g/mol. The standard InChI is InChI=1S/C23H26Cl2N4O3/c1-15-3-5-18(13-16(15)2)27-22(31)21(30)26-7-8-28-9-11-29(12-10-28)23(32)17-4-6-19(24)20(25)14-17/h3-6,13-14H,7-12H2,1-2H3,(H,26,30)(H,27,31). The summed E-state index contributed by atoms with van der Waals surface area (Å²) in [7, 11) is 0. The van der Waals surface area contributed by atoms with E-state index in [-0.39, 0.29) is 5.91 Å². The topological polar surface area (TPSA) is 81.8 Å². The van der Waals surface area contributed by atoms with E-state index in [0.29, 0.717) is 60.6 Å². The van der Waals surface area contributed by atoms with Crippen LogP contribution in [0.3, 0.4) is 0 Å². The molecule has 9 heteroatoms. The van der Waals surface area contributed by atoms with Gasteiger partial charge in [-0.05, 0) is 55.3 Å². The van der Waals surface area contributed by atoms with Gasteiger partial charge in [-0.3, -0.25) is 19.3 Å². The van der Waals surface area contributed by atoms with Crippen LogP contribution in [0.4, 0.5) is 5.69 Å². The Labute approximate surface area is 197 Å². The number of amides is 3. The van der Waals surface area contributed by atoms with Gasteiger partial charge in [0, 0.05) is 50.5 Å². The number of hydrogen-bond donors (Lipinski definition) is 2. The summed E-state index contributed by atoms with van der Waals surface area (Å²) in [5, 5.41) is 6.03. The van der Waals surface area contributed by atoms with Gasteiger partial charge in [-0.1, -0.05) is 29.3 Å². The molecule has 0 unspecified atom stereocenters. The van der Waals surface area contributed by atoms with Gasteiger partial charge in [0.2, 0.25) is 0 Å². The highest BCUT2D eigenvalue weighted by Crippen LogP contribution is 2.23. The van der Waals surface area contributed by atoms with E-state index in [1.54, 1.807) is 29.2 Å². The lowest BCUT2D eigenvalue weighted by Crippen LogP contribution is -2.50.